The maximum atomic E-state index is 13.8. The summed E-state index contributed by atoms with van der Waals surface area (Å²) < 4.78 is 27.2. The summed E-state index contributed by atoms with van der Waals surface area (Å²) in [4.78, 5) is 21.6. The SMILES string of the molecule is O=C(c1ccc(F)c(F)c1)N(Cc1ccncc1)C1CCCN(Cc2ccccc2)C1. The van der Waals surface area contributed by atoms with Crippen LogP contribution in [-0.2, 0) is 13.1 Å². The zero-order chi connectivity index (χ0) is 21.6. The Labute approximate surface area is 181 Å². The number of aromatic nitrogens is 1. The number of carbonyl (C=O) groups excluding carboxylic acids is 1. The number of benzene rings is 2. The third kappa shape index (κ3) is 5.33. The Morgan fingerprint density at radius 2 is 1.77 bits per heavy atom. The van der Waals surface area contributed by atoms with E-state index in [9.17, 15) is 13.6 Å². The molecule has 0 radical (unpaired) electrons. The van der Waals surface area contributed by atoms with Crippen molar-refractivity contribution >= 4 is 5.91 Å². The van der Waals surface area contributed by atoms with Crippen LogP contribution in [-0.4, -0.2) is 39.8 Å². The standard InChI is InChI=1S/C25H25F2N3O/c26-23-9-8-21(15-24(23)27)25(31)30(17-20-10-12-28-13-11-20)22-7-4-14-29(18-22)16-19-5-2-1-3-6-19/h1-3,5-6,8-13,15,22H,4,7,14,16-18H2. The predicted molar refractivity (Wildman–Crippen MR) is 115 cm³/mol. The number of piperidine rings is 1. The van der Waals surface area contributed by atoms with Gasteiger partial charge in [0.1, 0.15) is 0 Å². The van der Waals surface area contributed by atoms with E-state index in [1.54, 1.807) is 17.3 Å². The Morgan fingerprint density at radius 3 is 2.52 bits per heavy atom. The number of likely N-dealkylation sites (tertiary alicyclic amines) is 1. The van der Waals surface area contributed by atoms with Crippen molar-refractivity contribution in [2.75, 3.05) is 13.1 Å². The number of rotatable bonds is 6. The second-order valence-electron chi connectivity index (χ2n) is 7.93. The average molecular weight is 421 g/mol. The van der Waals surface area contributed by atoms with Crippen LogP contribution in [0.3, 0.4) is 0 Å². The summed E-state index contributed by atoms with van der Waals surface area (Å²) in [7, 11) is 0. The van der Waals surface area contributed by atoms with Crippen molar-refractivity contribution in [2.24, 2.45) is 0 Å². The molecule has 1 aliphatic heterocycles. The van der Waals surface area contributed by atoms with Crippen LogP contribution in [0.25, 0.3) is 0 Å². The molecule has 6 heteroatoms. The van der Waals surface area contributed by atoms with E-state index in [2.05, 4.69) is 22.0 Å². The summed E-state index contributed by atoms with van der Waals surface area (Å²) in [6.07, 6.45) is 5.22. The third-order valence-electron chi connectivity index (χ3n) is 5.70. The van der Waals surface area contributed by atoms with Gasteiger partial charge >= 0.3 is 0 Å². The molecule has 0 bridgehead atoms. The minimum absolute atomic E-state index is 0.0220. The van der Waals surface area contributed by atoms with Crippen LogP contribution in [0.4, 0.5) is 8.78 Å². The Kier molecular flexibility index (Phi) is 6.67. The van der Waals surface area contributed by atoms with Crippen LogP contribution >= 0.6 is 0 Å². The minimum atomic E-state index is -1.01. The highest BCUT2D eigenvalue weighted by Gasteiger charge is 2.30. The topological polar surface area (TPSA) is 36.4 Å². The van der Waals surface area contributed by atoms with Crippen molar-refractivity contribution in [3.05, 3.63) is 101 Å². The lowest BCUT2D eigenvalue weighted by Crippen LogP contribution is -2.49. The molecule has 1 saturated heterocycles. The number of hydrogen-bond donors (Lipinski definition) is 0. The van der Waals surface area contributed by atoms with Gasteiger partial charge in [-0.15, -0.1) is 0 Å². The summed E-state index contributed by atoms with van der Waals surface area (Å²) in [5.41, 5.74) is 2.34. The van der Waals surface area contributed by atoms with Crippen LogP contribution < -0.4 is 0 Å². The van der Waals surface area contributed by atoms with Gasteiger partial charge in [-0.1, -0.05) is 30.3 Å². The first-order valence-electron chi connectivity index (χ1n) is 10.5. The van der Waals surface area contributed by atoms with Gasteiger partial charge in [0.2, 0.25) is 0 Å². The molecule has 1 fully saturated rings. The van der Waals surface area contributed by atoms with E-state index in [-0.39, 0.29) is 17.5 Å². The lowest BCUT2D eigenvalue weighted by Gasteiger charge is -2.39. The summed E-state index contributed by atoms with van der Waals surface area (Å²) >= 11 is 0. The average Bonchev–Trinajstić information content (AvgIpc) is 2.80. The molecule has 4 nitrogen and oxygen atoms in total. The monoisotopic (exact) mass is 421 g/mol. The maximum Gasteiger partial charge on any atom is 0.254 e. The van der Waals surface area contributed by atoms with E-state index in [1.165, 1.54) is 11.6 Å². The molecule has 1 unspecified atom stereocenters. The maximum absolute atomic E-state index is 13.8. The molecule has 1 aromatic heterocycles. The van der Waals surface area contributed by atoms with Crippen molar-refractivity contribution < 1.29 is 13.6 Å². The summed E-state index contributed by atoms with van der Waals surface area (Å²) in [5, 5.41) is 0. The lowest BCUT2D eigenvalue weighted by atomic mass is 10.0. The van der Waals surface area contributed by atoms with E-state index in [0.717, 1.165) is 50.2 Å². The molecule has 3 aromatic rings. The molecule has 0 spiro atoms. The highest BCUT2D eigenvalue weighted by molar-refractivity contribution is 5.94. The van der Waals surface area contributed by atoms with Gasteiger partial charge in [0, 0.05) is 43.6 Å². The van der Waals surface area contributed by atoms with Crippen LogP contribution in [0.5, 0.6) is 0 Å². The van der Waals surface area contributed by atoms with Crippen LogP contribution in [0.1, 0.15) is 34.3 Å². The Hall–Kier alpha value is -3.12. The van der Waals surface area contributed by atoms with Crippen LogP contribution in [0, 0.1) is 11.6 Å². The van der Waals surface area contributed by atoms with Gasteiger partial charge in [-0.25, -0.2) is 8.78 Å². The summed E-state index contributed by atoms with van der Waals surface area (Å²) in [6.45, 7) is 2.91. The van der Waals surface area contributed by atoms with Gasteiger partial charge in [0.15, 0.2) is 11.6 Å². The van der Waals surface area contributed by atoms with Crippen molar-refractivity contribution in [3.8, 4) is 0 Å². The van der Waals surface area contributed by atoms with Gasteiger partial charge in [0.25, 0.3) is 5.91 Å². The largest absolute Gasteiger partial charge is 0.330 e. The van der Waals surface area contributed by atoms with Crippen LogP contribution in [0.2, 0.25) is 0 Å². The number of pyridine rings is 1. The molecule has 1 atom stereocenters. The minimum Gasteiger partial charge on any atom is -0.330 e. The Morgan fingerprint density at radius 1 is 1.00 bits per heavy atom. The molecule has 0 N–H and O–H groups in total. The molecule has 0 aliphatic carbocycles. The van der Waals surface area contributed by atoms with Gasteiger partial charge < -0.3 is 4.90 Å². The van der Waals surface area contributed by atoms with E-state index in [4.69, 9.17) is 0 Å². The van der Waals surface area contributed by atoms with Crippen molar-refractivity contribution in [3.63, 3.8) is 0 Å². The van der Waals surface area contributed by atoms with E-state index >= 15 is 0 Å². The summed E-state index contributed by atoms with van der Waals surface area (Å²) in [5.74, 6) is -2.25. The first-order valence-corrected chi connectivity index (χ1v) is 10.5. The smallest absolute Gasteiger partial charge is 0.254 e. The molecule has 1 amide bonds. The van der Waals surface area contributed by atoms with Gasteiger partial charge in [-0.2, -0.15) is 0 Å². The first-order chi connectivity index (χ1) is 15.1. The van der Waals surface area contributed by atoms with Crippen LogP contribution in [0.15, 0.2) is 73.1 Å². The summed E-state index contributed by atoms with van der Waals surface area (Å²) in [6, 6.07) is 17.3. The fraction of sp³-hybridized carbons (Fsp3) is 0.280. The molecule has 1 aliphatic rings. The highest BCUT2D eigenvalue weighted by Crippen LogP contribution is 2.23. The molecule has 2 heterocycles. The lowest BCUT2D eigenvalue weighted by molar-refractivity contribution is 0.0510. The zero-order valence-corrected chi connectivity index (χ0v) is 17.3. The molecular formula is C25H25F2N3O. The second-order valence-corrected chi connectivity index (χ2v) is 7.93. The number of halogens is 2. The number of nitrogens with zero attached hydrogens (tertiary/aromatic N) is 3. The van der Waals surface area contributed by atoms with E-state index in [1.807, 2.05) is 30.3 Å². The number of carbonyl (C=O) groups is 1. The van der Waals surface area contributed by atoms with E-state index < -0.39 is 11.6 Å². The first kappa shape index (κ1) is 21.1. The molecule has 4 rings (SSSR count). The molecule has 2 aromatic carbocycles. The van der Waals surface area contributed by atoms with Crippen molar-refractivity contribution in [1.82, 2.24) is 14.8 Å². The van der Waals surface area contributed by atoms with Crippen molar-refractivity contribution in [1.29, 1.82) is 0 Å². The predicted octanol–water partition coefficient (Wildman–Crippen LogP) is 4.67. The van der Waals surface area contributed by atoms with Gasteiger partial charge in [-0.05, 0) is 60.8 Å². The molecular weight excluding hydrogens is 396 g/mol. The number of amides is 1. The molecule has 0 saturated carbocycles. The van der Waals surface area contributed by atoms with Crippen molar-refractivity contribution in [2.45, 2.75) is 32.0 Å². The van der Waals surface area contributed by atoms with Gasteiger partial charge in [0.05, 0.1) is 0 Å². The fourth-order valence-corrected chi connectivity index (χ4v) is 4.12. The normalized spacial score (nSPS) is 16.8. The second kappa shape index (κ2) is 9.79. The molecule has 160 valence electrons. The number of hydrogen-bond acceptors (Lipinski definition) is 3. The third-order valence-corrected chi connectivity index (χ3v) is 5.70. The Bertz CT molecular complexity index is 1010. The van der Waals surface area contributed by atoms with E-state index in [0.29, 0.717) is 6.54 Å². The highest BCUT2D eigenvalue weighted by atomic mass is 19.2. The fourth-order valence-electron chi connectivity index (χ4n) is 4.12. The quantitative estimate of drug-likeness (QED) is 0.581. The zero-order valence-electron chi connectivity index (χ0n) is 17.3. The molecule has 31 heavy (non-hydrogen) atoms. The Balaban J connectivity index is 1.57. The van der Waals surface area contributed by atoms with Gasteiger partial charge in [-0.3, -0.25) is 14.7 Å².